The molecule has 1 unspecified atom stereocenters. The number of nitrogens with zero attached hydrogens (tertiary/aromatic N) is 3. The van der Waals surface area contributed by atoms with Crippen LogP contribution in [0.4, 0.5) is 5.82 Å². The van der Waals surface area contributed by atoms with Crippen molar-refractivity contribution in [3.05, 3.63) is 12.4 Å². The molecule has 0 bridgehead atoms. The molecule has 0 saturated carbocycles. The van der Waals surface area contributed by atoms with E-state index in [1.165, 1.54) is 26.1 Å². The van der Waals surface area contributed by atoms with E-state index in [-0.39, 0.29) is 0 Å². The first-order valence-electron chi connectivity index (χ1n) is 6.14. The molecule has 1 aromatic heterocycles. The lowest BCUT2D eigenvalue weighted by Gasteiger charge is -2.14. The Hall–Kier alpha value is -0.810. The molecule has 0 spiro atoms. The molecule has 1 N–H and O–H groups in total. The summed E-state index contributed by atoms with van der Waals surface area (Å²) in [5.74, 6) is 1.70. The van der Waals surface area contributed by atoms with Crippen molar-refractivity contribution in [3.63, 3.8) is 0 Å². The van der Waals surface area contributed by atoms with Crippen LogP contribution >= 0.6 is 11.8 Å². The molecule has 1 aliphatic heterocycles. The van der Waals surface area contributed by atoms with E-state index < -0.39 is 0 Å². The molecular formula is C12H20N4S. The molecule has 0 amide bonds. The van der Waals surface area contributed by atoms with Crippen LogP contribution in [0.1, 0.15) is 13.3 Å². The summed E-state index contributed by atoms with van der Waals surface area (Å²) in [6.07, 6.45) is 4.95. The second kappa shape index (κ2) is 6.21. The minimum absolute atomic E-state index is 0.752. The predicted octanol–water partition coefficient (Wildman–Crippen LogP) is 1.95. The van der Waals surface area contributed by atoms with Gasteiger partial charge in [-0.15, -0.1) is 11.8 Å². The van der Waals surface area contributed by atoms with Gasteiger partial charge in [-0.1, -0.05) is 6.92 Å². The topological polar surface area (TPSA) is 41.0 Å². The molecule has 94 valence electrons. The van der Waals surface area contributed by atoms with Gasteiger partial charge in [-0.25, -0.2) is 9.97 Å². The standard InChI is InChI=1S/C12H20N4S/c1-3-16-5-4-10(8-16)7-13-11-6-12(17-2)15-9-14-11/h6,9-10H,3-5,7-8H2,1-2H3,(H,13,14,15). The average Bonchev–Trinajstić information content (AvgIpc) is 2.84. The molecule has 5 heteroatoms. The van der Waals surface area contributed by atoms with Crippen LogP contribution in [0.25, 0.3) is 0 Å². The van der Waals surface area contributed by atoms with Crippen molar-refractivity contribution in [3.8, 4) is 0 Å². The predicted molar refractivity (Wildman–Crippen MR) is 72.5 cm³/mol. The Morgan fingerprint density at radius 1 is 1.53 bits per heavy atom. The van der Waals surface area contributed by atoms with Gasteiger partial charge in [0.05, 0.1) is 0 Å². The quantitative estimate of drug-likeness (QED) is 0.641. The van der Waals surface area contributed by atoms with Gasteiger partial charge in [0.2, 0.25) is 0 Å². The highest BCUT2D eigenvalue weighted by atomic mass is 32.2. The van der Waals surface area contributed by atoms with E-state index in [9.17, 15) is 0 Å². The van der Waals surface area contributed by atoms with Crippen molar-refractivity contribution in [1.29, 1.82) is 0 Å². The number of likely N-dealkylation sites (tertiary alicyclic amines) is 1. The van der Waals surface area contributed by atoms with Gasteiger partial charge in [-0.2, -0.15) is 0 Å². The number of hydrogen-bond donors (Lipinski definition) is 1. The summed E-state index contributed by atoms with van der Waals surface area (Å²) in [6.45, 7) is 6.86. The molecule has 2 rings (SSSR count). The minimum atomic E-state index is 0.752. The van der Waals surface area contributed by atoms with Crippen LogP contribution in [-0.4, -0.2) is 47.3 Å². The van der Waals surface area contributed by atoms with E-state index in [0.717, 1.165) is 23.3 Å². The Kier molecular flexibility index (Phi) is 4.62. The zero-order chi connectivity index (χ0) is 12.1. The van der Waals surface area contributed by atoms with Crippen molar-refractivity contribution in [2.24, 2.45) is 5.92 Å². The molecule has 1 atom stereocenters. The summed E-state index contributed by atoms with van der Waals surface area (Å²) < 4.78 is 0. The Morgan fingerprint density at radius 2 is 2.41 bits per heavy atom. The molecule has 0 aliphatic carbocycles. The summed E-state index contributed by atoms with van der Waals surface area (Å²) in [7, 11) is 0. The van der Waals surface area contributed by atoms with Crippen molar-refractivity contribution in [2.75, 3.05) is 37.8 Å². The molecular weight excluding hydrogens is 232 g/mol. The van der Waals surface area contributed by atoms with Crippen LogP contribution in [-0.2, 0) is 0 Å². The zero-order valence-corrected chi connectivity index (χ0v) is 11.3. The van der Waals surface area contributed by atoms with E-state index in [1.807, 2.05) is 12.3 Å². The van der Waals surface area contributed by atoms with Crippen LogP contribution in [0.5, 0.6) is 0 Å². The first-order valence-corrected chi connectivity index (χ1v) is 7.36. The normalized spacial score (nSPS) is 20.7. The lowest BCUT2D eigenvalue weighted by molar-refractivity contribution is 0.345. The molecule has 1 fully saturated rings. The Balaban J connectivity index is 1.81. The van der Waals surface area contributed by atoms with E-state index in [2.05, 4.69) is 27.1 Å². The third kappa shape index (κ3) is 3.57. The smallest absolute Gasteiger partial charge is 0.130 e. The van der Waals surface area contributed by atoms with Gasteiger partial charge in [0, 0.05) is 19.2 Å². The van der Waals surface area contributed by atoms with Gasteiger partial charge < -0.3 is 10.2 Å². The fourth-order valence-corrected chi connectivity index (χ4v) is 2.55. The van der Waals surface area contributed by atoms with E-state index in [1.54, 1.807) is 18.1 Å². The van der Waals surface area contributed by atoms with Crippen LogP contribution in [0, 0.1) is 5.92 Å². The molecule has 0 aromatic carbocycles. The molecule has 17 heavy (non-hydrogen) atoms. The lowest BCUT2D eigenvalue weighted by atomic mass is 10.1. The maximum atomic E-state index is 4.24. The van der Waals surface area contributed by atoms with Crippen LogP contribution < -0.4 is 5.32 Å². The molecule has 1 saturated heterocycles. The SMILES string of the molecule is CCN1CCC(CNc2cc(SC)ncn2)C1. The zero-order valence-electron chi connectivity index (χ0n) is 10.5. The van der Waals surface area contributed by atoms with Crippen molar-refractivity contribution < 1.29 is 0 Å². The van der Waals surface area contributed by atoms with E-state index in [4.69, 9.17) is 0 Å². The fourth-order valence-electron chi connectivity index (χ4n) is 2.16. The third-order valence-electron chi connectivity index (χ3n) is 3.24. The molecule has 1 aromatic rings. The number of aromatic nitrogens is 2. The molecule has 2 heterocycles. The summed E-state index contributed by atoms with van der Waals surface area (Å²) in [5.41, 5.74) is 0. The van der Waals surface area contributed by atoms with Gasteiger partial charge in [-0.3, -0.25) is 0 Å². The van der Waals surface area contributed by atoms with Crippen LogP contribution in [0.2, 0.25) is 0 Å². The molecule has 0 radical (unpaired) electrons. The fraction of sp³-hybridized carbons (Fsp3) is 0.667. The number of anilines is 1. The Morgan fingerprint density at radius 3 is 3.12 bits per heavy atom. The Labute approximate surface area is 107 Å². The second-order valence-electron chi connectivity index (χ2n) is 4.37. The summed E-state index contributed by atoms with van der Waals surface area (Å²) >= 11 is 1.65. The summed E-state index contributed by atoms with van der Waals surface area (Å²) in [4.78, 5) is 10.9. The van der Waals surface area contributed by atoms with Crippen molar-refractivity contribution in [1.82, 2.24) is 14.9 Å². The number of thioether (sulfide) groups is 1. The number of hydrogen-bond acceptors (Lipinski definition) is 5. The highest BCUT2D eigenvalue weighted by Crippen LogP contribution is 2.17. The largest absolute Gasteiger partial charge is 0.370 e. The highest BCUT2D eigenvalue weighted by molar-refractivity contribution is 7.98. The monoisotopic (exact) mass is 252 g/mol. The van der Waals surface area contributed by atoms with Crippen LogP contribution in [0.15, 0.2) is 17.4 Å². The maximum Gasteiger partial charge on any atom is 0.130 e. The maximum absolute atomic E-state index is 4.24. The average molecular weight is 252 g/mol. The summed E-state index contributed by atoms with van der Waals surface area (Å²) in [6, 6.07) is 2.01. The first kappa shape index (κ1) is 12.6. The van der Waals surface area contributed by atoms with E-state index in [0.29, 0.717) is 0 Å². The van der Waals surface area contributed by atoms with Crippen molar-refractivity contribution in [2.45, 2.75) is 18.4 Å². The minimum Gasteiger partial charge on any atom is -0.370 e. The molecule has 1 aliphatic rings. The van der Waals surface area contributed by atoms with Gasteiger partial charge in [0.25, 0.3) is 0 Å². The van der Waals surface area contributed by atoms with Gasteiger partial charge in [0.1, 0.15) is 17.2 Å². The van der Waals surface area contributed by atoms with Gasteiger partial charge >= 0.3 is 0 Å². The van der Waals surface area contributed by atoms with Gasteiger partial charge in [-0.05, 0) is 31.7 Å². The lowest BCUT2D eigenvalue weighted by Crippen LogP contribution is -2.22. The third-order valence-corrected chi connectivity index (χ3v) is 3.88. The molecule has 4 nitrogen and oxygen atoms in total. The number of nitrogens with one attached hydrogen (secondary N) is 1. The van der Waals surface area contributed by atoms with E-state index >= 15 is 0 Å². The highest BCUT2D eigenvalue weighted by Gasteiger charge is 2.20. The van der Waals surface area contributed by atoms with Gasteiger partial charge in [0.15, 0.2) is 0 Å². The Bertz CT molecular complexity index is 358. The van der Waals surface area contributed by atoms with Crippen LogP contribution in [0.3, 0.4) is 0 Å². The second-order valence-corrected chi connectivity index (χ2v) is 5.20. The first-order chi connectivity index (χ1) is 8.31. The summed E-state index contributed by atoms with van der Waals surface area (Å²) in [5, 5.41) is 4.43. The van der Waals surface area contributed by atoms with Crippen molar-refractivity contribution >= 4 is 17.6 Å². The number of rotatable bonds is 5.